The van der Waals surface area contributed by atoms with E-state index in [0.29, 0.717) is 0 Å². The Labute approximate surface area is 393 Å². The van der Waals surface area contributed by atoms with E-state index in [1.807, 2.05) is 12.4 Å². The van der Waals surface area contributed by atoms with Gasteiger partial charge in [-0.15, -0.1) is 22.3 Å². The number of pyridine rings is 2. The molecule has 6 aromatic carbocycles. The average Bonchev–Trinajstić information content (AvgIpc) is 3.65. The minimum absolute atomic E-state index is 0. The van der Waals surface area contributed by atoms with Crippen LogP contribution in [0.4, 0.5) is 23.0 Å². The van der Waals surface area contributed by atoms with Crippen molar-refractivity contribution in [2.24, 2.45) is 0 Å². The fraction of sp³-hybridized carbons (Fsp3) is 0.220. The number of fused-ring (bicyclic) bond motifs is 5. The van der Waals surface area contributed by atoms with E-state index in [-0.39, 0.29) is 31.9 Å². The molecule has 2 aromatic heterocycles. The van der Waals surface area contributed by atoms with Crippen LogP contribution >= 0.6 is 0 Å². The number of aromatic nitrogens is 2. The number of nitrogens with zero attached hydrogens (tertiary/aromatic N) is 4. The Bertz CT molecular complexity index is 2790. The van der Waals surface area contributed by atoms with E-state index in [9.17, 15) is 0 Å². The van der Waals surface area contributed by atoms with Gasteiger partial charge in [-0.2, -0.15) is 36.4 Å². The fourth-order valence-corrected chi connectivity index (χ4v) is 10.8. The van der Waals surface area contributed by atoms with Crippen LogP contribution in [-0.2, 0) is 50.2 Å². The topological polar surface area (TPSA) is 32.3 Å². The molecule has 2 aliphatic heterocycles. The first kappa shape index (κ1) is 41.9. The molecule has 4 heterocycles. The molecule has 0 saturated heterocycles. The van der Waals surface area contributed by atoms with Crippen molar-refractivity contribution in [3.63, 3.8) is 0 Å². The zero-order valence-corrected chi connectivity index (χ0v) is 39.3. The summed E-state index contributed by atoms with van der Waals surface area (Å²) in [6.45, 7) is 11.0. The predicted octanol–water partition coefficient (Wildman–Crippen LogP) is 13.3. The number of anilines is 4. The van der Waals surface area contributed by atoms with Gasteiger partial charge in [0.2, 0.25) is 0 Å². The van der Waals surface area contributed by atoms with Crippen molar-refractivity contribution in [2.75, 3.05) is 22.9 Å². The van der Waals surface area contributed by atoms with Crippen LogP contribution in [0, 0.1) is 12.1 Å². The van der Waals surface area contributed by atoms with E-state index < -0.39 is 5.41 Å². The van der Waals surface area contributed by atoms with E-state index >= 15 is 0 Å². The van der Waals surface area contributed by atoms with Gasteiger partial charge in [-0.25, -0.2) is 9.97 Å². The molecule has 8 aromatic rings. The van der Waals surface area contributed by atoms with Crippen LogP contribution < -0.4 is 9.80 Å². The summed E-state index contributed by atoms with van der Waals surface area (Å²) in [7, 11) is 0. The second-order valence-electron chi connectivity index (χ2n) is 18.6. The average molecular weight is 1010 g/mol. The van der Waals surface area contributed by atoms with E-state index in [1.54, 1.807) is 0 Å². The Kier molecular flexibility index (Phi) is 10.8. The summed E-state index contributed by atoms with van der Waals surface area (Å²) in [6, 6.07) is 66.3. The molecular formula is C59H52N4Pt. The van der Waals surface area contributed by atoms with Crippen LogP contribution in [0.5, 0.6) is 0 Å². The summed E-state index contributed by atoms with van der Waals surface area (Å²) in [5, 5.41) is 0. The van der Waals surface area contributed by atoms with E-state index in [4.69, 9.17) is 9.97 Å². The minimum atomic E-state index is -0.668. The number of hydrogen-bond acceptors (Lipinski definition) is 4. The van der Waals surface area contributed by atoms with Gasteiger partial charge in [-0.05, 0) is 81.6 Å². The molecule has 5 heteroatoms. The molecule has 0 spiro atoms. The first-order valence-electron chi connectivity index (χ1n) is 22.6. The third kappa shape index (κ3) is 6.76. The summed E-state index contributed by atoms with van der Waals surface area (Å²) in [5.41, 5.74) is 16.1. The molecule has 64 heavy (non-hydrogen) atoms. The monoisotopic (exact) mass is 1010 g/mol. The molecule has 4 nitrogen and oxygen atoms in total. The third-order valence-electron chi connectivity index (χ3n) is 14.5. The Hall–Kier alpha value is -6.09. The second-order valence-corrected chi connectivity index (χ2v) is 18.6. The SMILES string of the molecule is CC(C)(c1ccccc1)c1ccnc(N2CCCc3ccc(C4(c5[c-]c6c(cc5)CCCN6c5cc(C(C)(C)c6ccccc6)ccn5)c5ccccc5-c5ccccc54)[c-]c32)c1.[Pt+2]. The van der Waals surface area contributed by atoms with Crippen LogP contribution in [0.15, 0.2) is 170 Å². The molecule has 0 amide bonds. The van der Waals surface area contributed by atoms with Gasteiger partial charge in [0.15, 0.2) is 0 Å². The van der Waals surface area contributed by atoms with Gasteiger partial charge in [0.1, 0.15) is 11.6 Å². The standard InChI is InChI=1S/C59H52N4.Pt/c1-57(2,43-19-7-5-8-20-43)45-31-33-60-55(39-45)62-35-15-17-41-27-29-47(37-53(41)62)59(51-25-13-11-23-49(51)50-24-12-14-26-52(50)59)48-30-28-42-18-16-36-63(54(42)38-48)56-40-46(32-34-61-56)58(3,4)44-21-9-6-10-22-44;/h5-14,19-34,39-40H,15-18,35-36H2,1-4H3;/q-2;+2. The first-order valence-corrected chi connectivity index (χ1v) is 22.6. The Morgan fingerprint density at radius 3 is 1.31 bits per heavy atom. The maximum Gasteiger partial charge on any atom is 2.00 e. The molecule has 0 radical (unpaired) electrons. The Balaban J connectivity index is 0.00000484. The van der Waals surface area contributed by atoms with Gasteiger partial charge in [0, 0.05) is 41.7 Å². The molecule has 11 rings (SSSR count). The van der Waals surface area contributed by atoms with Crippen molar-refractivity contribution in [3.8, 4) is 11.1 Å². The van der Waals surface area contributed by atoms with Crippen LogP contribution in [0.25, 0.3) is 11.1 Å². The molecule has 0 saturated carbocycles. The van der Waals surface area contributed by atoms with Crippen molar-refractivity contribution in [3.05, 3.63) is 238 Å². The zero-order valence-electron chi connectivity index (χ0n) is 37.0. The molecule has 0 N–H and O–H groups in total. The first-order chi connectivity index (χ1) is 30.7. The van der Waals surface area contributed by atoms with Crippen LogP contribution in [0.2, 0.25) is 0 Å². The Morgan fingerprint density at radius 1 is 0.469 bits per heavy atom. The molecule has 0 fully saturated rings. The molecular weight excluding hydrogens is 960 g/mol. The minimum Gasteiger partial charge on any atom is -0.350 e. The predicted molar refractivity (Wildman–Crippen MR) is 258 cm³/mol. The normalized spacial score (nSPS) is 15.1. The number of rotatable bonds is 8. The number of hydrogen-bond donors (Lipinski definition) is 0. The van der Waals surface area contributed by atoms with Gasteiger partial charge >= 0.3 is 21.1 Å². The molecule has 3 aliphatic rings. The van der Waals surface area contributed by atoms with Gasteiger partial charge in [-0.1, -0.05) is 161 Å². The fourth-order valence-electron chi connectivity index (χ4n) is 10.8. The summed E-state index contributed by atoms with van der Waals surface area (Å²) >= 11 is 0. The third-order valence-corrected chi connectivity index (χ3v) is 14.5. The van der Waals surface area contributed by atoms with Gasteiger partial charge in [0.25, 0.3) is 0 Å². The van der Waals surface area contributed by atoms with E-state index in [0.717, 1.165) is 72.9 Å². The molecule has 0 bridgehead atoms. The van der Waals surface area contributed by atoms with Gasteiger partial charge in [-0.3, -0.25) is 0 Å². The summed E-state index contributed by atoms with van der Waals surface area (Å²) in [6.07, 6.45) is 8.09. The molecule has 0 unspecified atom stereocenters. The summed E-state index contributed by atoms with van der Waals surface area (Å²) in [5.74, 6) is 1.93. The molecule has 318 valence electrons. The van der Waals surface area contributed by atoms with Crippen molar-refractivity contribution in [2.45, 2.75) is 69.6 Å². The van der Waals surface area contributed by atoms with Crippen LogP contribution in [-0.4, -0.2) is 23.1 Å². The van der Waals surface area contributed by atoms with Gasteiger partial charge < -0.3 is 9.80 Å². The van der Waals surface area contributed by atoms with E-state index in [1.165, 1.54) is 55.6 Å². The van der Waals surface area contributed by atoms with Crippen molar-refractivity contribution >= 4 is 23.0 Å². The smallest absolute Gasteiger partial charge is 0.350 e. The van der Waals surface area contributed by atoms with Crippen molar-refractivity contribution in [1.82, 2.24) is 9.97 Å². The number of aryl methyl sites for hydroxylation is 2. The van der Waals surface area contributed by atoms with Crippen molar-refractivity contribution in [1.29, 1.82) is 0 Å². The van der Waals surface area contributed by atoms with Gasteiger partial charge in [0.05, 0.1) is 0 Å². The van der Waals surface area contributed by atoms with Crippen LogP contribution in [0.3, 0.4) is 0 Å². The quantitative estimate of drug-likeness (QED) is 0.142. The summed E-state index contributed by atoms with van der Waals surface area (Å²) < 4.78 is 0. The molecule has 0 atom stereocenters. The van der Waals surface area contributed by atoms with Crippen LogP contribution in [0.1, 0.15) is 96.2 Å². The Morgan fingerprint density at radius 2 is 0.875 bits per heavy atom. The largest absolute Gasteiger partial charge is 2.00 e. The zero-order chi connectivity index (χ0) is 42.8. The number of benzene rings is 6. The second kappa shape index (κ2) is 16.5. The summed E-state index contributed by atoms with van der Waals surface area (Å²) in [4.78, 5) is 14.9. The maximum absolute atomic E-state index is 5.06. The molecule has 1 aliphatic carbocycles. The van der Waals surface area contributed by atoms with E-state index in [2.05, 4.69) is 207 Å². The van der Waals surface area contributed by atoms with Crippen molar-refractivity contribution < 1.29 is 21.1 Å². The maximum atomic E-state index is 5.06.